The van der Waals surface area contributed by atoms with Gasteiger partial charge >= 0.3 is 6.09 Å². The first-order chi connectivity index (χ1) is 13.1. The number of nitrogens with one attached hydrogen (secondary N) is 1. The van der Waals surface area contributed by atoms with E-state index in [4.69, 9.17) is 16.3 Å². The van der Waals surface area contributed by atoms with Gasteiger partial charge in [-0.25, -0.2) is 9.18 Å². The van der Waals surface area contributed by atoms with Gasteiger partial charge in [0.2, 0.25) is 5.91 Å². The van der Waals surface area contributed by atoms with Crippen LogP contribution in [-0.2, 0) is 9.53 Å². The maximum absolute atomic E-state index is 14.0. The van der Waals surface area contributed by atoms with E-state index in [-0.39, 0.29) is 36.1 Å². The zero-order valence-electron chi connectivity index (χ0n) is 16.3. The first-order valence-electron chi connectivity index (χ1n) is 9.06. The predicted molar refractivity (Wildman–Crippen MR) is 103 cm³/mol. The Morgan fingerprint density at radius 3 is 2.43 bits per heavy atom. The SMILES string of the molecule is CC(C)(C)OC(=O)NCC(=O)N1CCCN(C(=O)c2c(F)cccc2Cl)CC1. The Balaban J connectivity index is 1.91. The van der Waals surface area contributed by atoms with Crippen LogP contribution in [0.4, 0.5) is 9.18 Å². The number of halogens is 2. The van der Waals surface area contributed by atoms with E-state index in [1.807, 2.05) is 0 Å². The van der Waals surface area contributed by atoms with Crippen LogP contribution in [0, 0.1) is 5.82 Å². The van der Waals surface area contributed by atoms with Gasteiger partial charge in [-0.3, -0.25) is 9.59 Å². The number of hydrogen-bond acceptors (Lipinski definition) is 4. The molecule has 0 bridgehead atoms. The van der Waals surface area contributed by atoms with E-state index < -0.39 is 23.4 Å². The van der Waals surface area contributed by atoms with Crippen molar-refractivity contribution in [2.75, 3.05) is 32.7 Å². The minimum absolute atomic E-state index is 0.0590. The molecule has 1 aromatic carbocycles. The van der Waals surface area contributed by atoms with Gasteiger partial charge in [-0.2, -0.15) is 0 Å². The molecule has 1 aliphatic rings. The highest BCUT2D eigenvalue weighted by molar-refractivity contribution is 6.33. The van der Waals surface area contributed by atoms with Crippen LogP contribution < -0.4 is 5.32 Å². The van der Waals surface area contributed by atoms with Crippen molar-refractivity contribution in [1.82, 2.24) is 15.1 Å². The summed E-state index contributed by atoms with van der Waals surface area (Å²) in [6.45, 7) is 6.36. The fourth-order valence-electron chi connectivity index (χ4n) is 2.80. The van der Waals surface area contributed by atoms with Crippen LogP contribution in [0.25, 0.3) is 0 Å². The number of ether oxygens (including phenoxy) is 1. The molecular formula is C19H25ClFN3O4. The molecule has 7 nitrogen and oxygen atoms in total. The lowest BCUT2D eigenvalue weighted by atomic mass is 10.1. The molecule has 1 N–H and O–H groups in total. The van der Waals surface area contributed by atoms with E-state index in [0.29, 0.717) is 19.5 Å². The van der Waals surface area contributed by atoms with Gasteiger partial charge in [-0.15, -0.1) is 0 Å². The van der Waals surface area contributed by atoms with Gasteiger partial charge in [-0.05, 0) is 39.3 Å². The average molecular weight is 414 g/mol. The Kier molecular flexibility index (Phi) is 7.23. The smallest absolute Gasteiger partial charge is 0.408 e. The number of hydrogen-bond donors (Lipinski definition) is 1. The van der Waals surface area contributed by atoms with Crippen molar-refractivity contribution in [3.8, 4) is 0 Å². The van der Waals surface area contributed by atoms with Crippen LogP contribution in [0.15, 0.2) is 18.2 Å². The number of carbonyl (C=O) groups excluding carboxylic acids is 3. The highest BCUT2D eigenvalue weighted by atomic mass is 35.5. The first kappa shape index (κ1) is 21.9. The molecule has 3 amide bonds. The summed E-state index contributed by atoms with van der Waals surface area (Å²) in [5.41, 5.74) is -0.805. The molecule has 0 unspecified atom stereocenters. The minimum atomic E-state index is -0.670. The largest absolute Gasteiger partial charge is 0.444 e. The van der Waals surface area contributed by atoms with Crippen molar-refractivity contribution in [2.45, 2.75) is 32.8 Å². The van der Waals surface area contributed by atoms with Crippen LogP contribution in [0.5, 0.6) is 0 Å². The summed E-state index contributed by atoms with van der Waals surface area (Å²) in [5.74, 6) is -1.44. The second-order valence-electron chi connectivity index (χ2n) is 7.48. The van der Waals surface area contributed by atoms with E-state index in [0.717, 1.165) is 0 Å². The van der Waals surface area contributed by atoms with Crippen LogP contribution in [0.2, 0.25) is 5.02 Å². The first-order valence-corrected chi connectivity index (χ1v) is 9.44. The summed E-state index contributed by atoms with van der Waals surface area (Å²) < 4.78 is 19.1. The Bertz CT molecular complexity index is 731. The highest BCUT2D eigenvalue weighted by Gasteiger charge is 2.26. The Morgan fingerprint density at radius 1 is 1.14 bits per heavy atom. The molecular weight excluding hydrogens is 389 g/mol. The maximum atomic E-state index is 14.0. The summed E-state index contributed by atoms with van der Waals surface area (Å²) in [4.78, 5) is 39.7. The standard InChI is InChI=1S/C19H25ClFN3O4/c1-19(2,3)28-18(27)22-12-15(25)23-8-5-9-24(11-10-23)17(26)16-13(20)6-4-7-14(16)21/h4,6-7H,5,8-12H2,1-3H3,(H,22,27). The summed E-state index contributed by atoms with van der Waals surface area (Å²) in [6.07, 6.45) is -0.127. The molecule has 1 fully saturated rings. The molecule has 1 aliphatic heterocycles. The van der Waals surface area contributed by atoms with Gasteiger partial charge in [0.25, 0.3) is 5.91 Å². The van der Waals surface area contributed by atoms with Gasteiger partial charge in [0.1, 0.15) is 18.0 Å². The van der Waals surface area contributed by atoms with E-state index in [1.54, 1.807) is 25.7 Å². The second kappa shape index (κ2) is 9.23. The monoisotopic (exact) mass is 413 g/mol. The summed E-state index contributed by atoms with van der Waals surface area (Å²) in [5, 5.41) is 2.49. The quantitative estimate of drug-likeness (QED) is 0.826. The minimum Gasteiger partial charge on any atom is -0.444 e. The summed E-state index contributed by atoms with van der Waals surface area (Å²) in [7, 11) is 0. The normalized spacial score (nSPS) is 15.0. The molecule has 1 heterocycles. The van der Waals surface area contributed by atoms with Gasteiger partial charge in [0, 0.05) is 26.2 Å². The number of alkyl carbamates (subject to hydrolysis) is 1. The van der Waals surface area contributed by atoms with Crippen molar-refractivity contribution in [3.05, 3.63) is 34.6 Å². The average Bonchev–Trinajstić information content (AvgIpc) is 2.84. The van der Waals surface area contributed by atoms with Crippen LogP contribution in [-0.4, -0.2) is 66.0 Å². The van der Waals surface area contributed by atoms with E-state index in [9.17, 15) is 18.8 Å². The molecule has 1 saturated heterocycles. The zero-order valence-corrected chi connectivity index (χ0v) is 17.0. The van der Waals surface area contributed by atoms with Gasteiger partial charge in [0.05, 0.1) is 10.6 Å². The van der Waals surface area contributed by atoms with Crippen LogP contribution in [0.3, 0.4) is 0 Å². The Labute approximate surface area is 168 Å². The Morgan fingerprint density at radius 2 is 1.79 bits per heavy atom. The second-order valence-corrected chi connectivity index (χ2v) is 7.89. The fraction of sp³-hybridized carbons (Fsp3) is 0.526. The number of benzene rings is 1. The molecule has 0 radical (unpaired) electrons. The third kappa shape index (κ3) is 6.09. The maximum Gasteiger partial charge on any atom is 0.408 e. The molecule has 28 heavy (non-hydrogen) atoms. The van der Waals surface area contributed by atoms with Gasteiger partial charge in [-0.1, -0.05) is 17.7 Å². The Hall–Kier alpha value is -2.35. The predicted octanol–water partition coefficient (Wildman–Crippen LogP) is 2.68. The third-order valence-electron chi connectivity index (χ3n) is 4.10. The number of rotatable bonds is 3. The lowest BCUT2D eigenvalue weighted by Gasteiger charge is -2.23. The van der Waals surface area contributed by atoms with E-state index >= 15 is 0 Å². The highest BCUT2D eigenvalue weighted by Crippen LogP contribution is 2.21. The lowest BCUT2D eigenvalue weighted by molar-refractivity contribution is -0.130. The summed E-state index contributed by atoms with van der Waals surface area (Å²) in [6, 6.07) is 4.10. The molecule has 9 heteroatoms. The molecule has 0 spiro atoms. The van der Waals surface area contributed by atoms with Crippen molar-refractivity contribution in [1.29, 1.82) is 0 Å². The van der Waals surface area contributed by atoms with Crippen LogP contribution in [0.1, 0.15) is 37.6 Å². The third-order valence-corrected chi connectivity index (χ3v) is 4.41. The van der Waals surface area contributed by atoms with Crippen molar-refractivity contribution < 1.29 is 23.5 Å². The zero-order chi connectivity index (χ0) is 20.9. The molecule has 154 valence electrons. The van der Waals surface area contributed by atoms with Crippen molar-refractivity contribution in [3.63, 3.8) is 0 Å². The molecule has 0 atom stereocenters. The van der Waals surface area contributed by atoms with E-state index in [2.05, 4.69) is 5.32 Å². The van der Waals surface area contributed by atoms with Crippen molar-refractivity contribution >= 4 is 29.5 Å². The van der Waals surface area contributed by atoms with Gasteiger partial charge < -0.3 is 19.9 Å². The summed E-state index contributed by atoms with van der Waals surface area (Å²) >= 11 is 5.98. The number of nitrogens with zero attached hydrogens (tertiary/aromatic N) is 2. The molecule has 1 aromatic rings. The van der Waals surface area contributed by atoms with Crippen molar-refractivity contribution in [2.24, 2.45) is 0 Å². The van der Waals surface area contributed by atoms with Gasteiger partial charge in [0.15, 0.2) is 0 Å². The number of amides is 3. The molecule has 0 aromatic heterocycles. The molecule has 0 aliphatic carbocycles. The topological polar surface area (TPSA) is 79.0 Å². The molecule has 2 rings (SSSR count). The van der Waals surface area contributed by atoms with E-state index in [1.165, 1.54) is 23.1 Å². The van der Waals surface area contributed by atoms with Crippen LogP contribution >= 0.6 is 11.6 Å². The number of carbonyl (C=O) groups is 3. The molecule has 0 saturated carbocycles. The fourth-order valence-corrected chi connectivity index (χ4v) is 3.05. The lowest BCUT2D eigenvalue weighted by Crippen LogP contribution is -2.43.